The Balaban J connectivity index is 1.50. The van der Waals surface area contributed by atoms with Crippen LogP contribution in [0.1, 0.15) is 21.9 Å². The van der Waals surface area contributed by atoms with E-state index in [9.17, 15) is 0 Å². The third-order valence-electron chi connectivity index (χ3n) is 6.21. The quantitative estimate of drug-likeness (QED) is 0.0900. The summed E-state index contributed by atoms with van der Waals surface area (Å²) in [7, 11) is 6.32. The monoisotopic (exact) mass is 590 g/mol. The molecule has 36 heavy (non-hydrogen) atoms. The Labute approximate surface area is 234 Å². The fourth-order valence-electron chi connectivity index (χ4n) is 4.52. The van der Waals surface area contributed by atoms with Crippen LogP contribution in [-0.2, 0) is 9.47 Å². The minimum atomic E-state index is -0.647. The lowest BCUT2D eigenvalue weighted by Crippen LogP contribution is -2.35. The van der Waals surface area contributed by atoms with E-state index in [1.165, 1.54) is 19.4 Å². The molecule has 10 heteroatoms. The van der Waals surface area contributed by atoms with Crippen molar-refractivity contribution < 1.29 is 9.47 Å². The standard InChI is InChI=1S/C26H34N2O2S4Si2/c1-29-25(35(3)4)17(23-27-19-11-7-9-13-21(19)33-23)15-31-32-16-18(26(30-2)36(5)6)24-28-20-12-8-10-14-22(20)34-24/h7-14,17-18,25-26H,15-16H2,1-6H3. The number of nitrogens with zero attached hydrogens (tertiary/aromatic N) is 2. The van der Waals surface area contributed by atoms with Gasteiger partial charge in [-0.05, 0) is 24.3 Å². The Morgan fingerprint density at radius 1 is 0.694 bits per heavy atom. The van der Waals surface area contributed by atoms with E-state index in [1.54, 1.807) is 0 Å². The number of para-hydroxylation sites is 2. The fourth-order valence-corrected chi connectivity index (χ4v) is 13.2. The van der Waals surface area contributed by atoms with Gasteiger partial charge in [-0.3, -0.25) is 0 Å². The fraction of sp³-hybridized carbons (Fsp3) is 0.462. The van der Waals surface area contributed by atoms with E-state index >= 15 is 0 Å². The number of hydrogen-bond acceptors (Lipinski definition) is 8. The number of benzene rings is 2. The molecule has 2 radical (unpaired) electrons. The number of hydrogen-bond donors (Lipinski definition) is 0. The zero-order valence-electron chi connectivity index (χ0n) is 21.7. The summed E-state index contributed by atoms with van der Waals surface area (Å²) in [6.07, 6.45) is 0. The minimum Gasteiger partial charge on any atom is -0.384 e. The minimum absolute atomic E-state index is 0.233. The Bertz CT molecular complexity index is 1090. The normalized spacial score (nSPS) is 15.7. The smallest absolute Gasteiger partial charge is 0.100 e. The van der Waals surface area contributed by atoms with Crippen molar-refractivity contribution in [2.75, 3.05) is 25.7 Å². The molecule has 0 aliphatic rings. The molecule has 192 valence electrons. The lowest BCUT2D eigenvalue weighted by molar-refractivity contribution is 0.143. The molecule has 0 amide bonds. The van der Waals surface area contributed by atoms with Gasteiger partial charge in [0.05, 0.1) is 49.5 Å². The maximum absolute atomic E-state index is 6.06. The third-order valence-corrected chi connectivity index (χ3v) is 14.6. The van der Waals surface area contributed by atoms with Gasteiger partial charge in [0.25, 0.3) is 0 Å². The number of aromatic nitrogens is 2. The average Bonchev–Trinajstić information content (AvgIpc) is 3.48. The molecule has 0 spiro atoms. The van der Waals surface area contributed by atoms with E-state index in [0.29, 0.717) is 11.8 Å². The van der Waals surface area contributed by atoms with Crippen LogP contribution in [0.25, 0.3) is 20.4 Å². The average molecular weight is 591 g/mol. The highest BCUT2D eigenvalue weighted by Crippen LogP contribution is 2.40. The predicted molar refractivity (Wildman–Crippen MR) is 166 cm³/mol. The van der Waals surface area contributed by atoms with E-state index in [4.69, 9.17) is 19.4 Å². The van der Waals surface area contributed by atoms with Crippen LogP contribution < -0.4 is 0 Å². The van der Waals surface area contributed by atoms with Gasteiger partial charge in [-0.1, -0.05) is 72.0 Å². The topological polar surface area (TPSA) is 44.2 Å². The number of ether oxygens (including phenoxy) is 2. The summed E-state index contributed by atoms with van der Waals surface area (Å²) in [5, 5.41) is 2.40. The highest BCUT2D eigenvalue weighted by molar-refractivity contribution is 8.76. The summed E-state index contributed by atoms with van der Waals surface area (Å²) in [5.74, 6) is 2.56. The number of rotatable bonds is 13. The molecular formula is C26H34N2O2S4Si2. The molecule has 0 N–H and O–H groups in total. The van der Waals surface area contributed by atoms with Gasteiger partial charge in [-0.25, -0.2) is 9.97 Å². The maximum atomic E-state index is 6.06. The highest BCUT2D eigenvalue weighted by atomic mass is 33.1. The molecule has 2 heterocycles. The van der Waals surface area contributed by atoms with Crippen LogP contribution in [-0.4, -0.2) is 64.7 Å². The molecule has 4 aromatic rings. The van der Waals surface area contributed by atoms with Crippen molar-refractivity contribution in [1.82, 2.24) is 9.97 Å². The van der Waals surface area contributed by atoms with E-state index < -0.39 is 17.6 Å². The summed E-state index contributed by atoms with van der Waals surface area (Å²) in [6.45, 7) is 9.37. The van der Waals surface area contributed by atoms with Crippen LogP contribution in [0.2, 0.25) is 26.2 Å². The van der Waals surface area contributed by atoms with Crippen LogP contribution in [0, 0.1) is 0 Å². The lowest BCUT2D eigenvalue weighted by atomic mass is 10.2. The molecule has 0 saturated heterocycles. The van der Waals surface area contributed by atoms with Crippen LogP contribution >= 0.6 is 44.3 Å². The van der Waals surface area contributed by atoms with Crippen molar-refractivity contribution in [1.29, 1.82) is 0 Å². The Hall–Kier alpha value is -0.726. The van der Waals surface area contributed by atoms with E-state index in [1.807, 2.05) is 58.5 Å². The molecule has 0 bridgehead atoms. The summed E-state index contributed by atoms with van der Waals surface area (Å²) < 4.78 is 14.6. The van der Waals surface area contributed by atoms with Crippen molar-refractivity contribution in [2.24, 2.45) is 0 Å². The second-order valence-corrected chi connectivity index (χ2v) is 19.4. The van der Waals surface area contributed by atoms with E-state index in [-0.39, 0.29) is 11.5 Å². The van der Waals surface area contributed by atoms with Gasteiger partial charge in [0.2, 0.25) is 0 Å². The first kappa shape index (κ1) is 28.3. The maximum Gasteiger partial charge on any atom is 0.100 e. The first-order chi connectivity index (χ1) is 17.4. The number of fused-ring (bicyclic) bond motifs is 2. The summed E-state index contributed by atoms with van der Waals surface area (Å²) in [6, 6.07) is 16.9. The van der Waals surface area contributed by atoms with Gasteiger partial charge >= 0.3 is 0 Å². The molecule has 4 nitrogen and oxygen atoms in total. The summed E-state index contributed by atoms with van der Waals surface area (Å²) in [5.41, 5.74) is 2.65. The van der Waals surface area contributed by atoms with E-state index in [2.05, 4.69) is 74.7 Å². The highest BCUT2D eigenvalue weighted by Gasteiger charge is 2.32. The van der Waals surface area contributed by atoms with Gasteiger partial charge in [0.15, 0.2) is 0 Å². The number of thiazole rings is 2. The molecule has 0 aliphatic heterocycles. The lowest BCUT2D eigenvalue weighted by Gasteiger charge is -2.28. The first-order valence-electron chi connectivity index (χ1n) is 12.0. The van der Waals surface area contributed by atoms with Crippen LogP contribution in [0.5, 0.6) is 0 Å². The zero-order valence-corrected chi connectivity index (χ0v) is 27.0. The van der Waals surface area contributed by atoms with Crippen molar-refractivity contribution in [3.8, 4) is 0 Å². The van der Waals surface area contributed by atoms with Crippen LogP contribution in [0.3, 0.4) is 0 Å². The molecule has 4 atom stereocenters. The molecule has 2 aromatic carbocycles. The van der Waals surface area contributed by atoms with Gasteiger partial charge in [0.1, 0.15) is 10.0 Å². The largest absolute Gasteiger partial charge is 0.384 e. The molecule has 0 saturated carbocycles. The van der Waals surface area contributed by atoms with E-state index in [0.717, 1.165) is 22.5 Å². The van der Waals surface area contributed by atoms with Gasteiger partial charge < -0.3 is 9.47 Å². The Morgan fingerprint density at radius 3 is 1.42 bits per heavy atom. The summed E-state index contributed by atoms with van der Waals surface area (Å²) >= 11 is 3.64. The van der Waals surface area contributed by atoms with Crippen LogP contribution in [0.4, 0.5) is 0 Å². The molecule has 2 aromatic heterocycles. The Kier molecular flexibility index (Phi) is 10.5. The molecule has 0 aliphatic carbocycles. The SMILES string of the molecule is COC(C(CSSCC(c1nc2ccccc2s1)C(OC)[Si](C)C)c1nc2ccccc2s1)[Si](C)C. The van der Waals surface area contributed by atoms with Crippen molar-refractivity contribution in [3.63, 3.8) is 0 Å². The van der Waals surface area contributed by atoms with Gasteiger partial charge in [0, 0.05) is 37.6 Å². The predicted octanol–water partition coefficient (Wildman–Crippen LogP) is 7.77. The molecule has 4 unspecified atom stereocenters. The van der Waals surface area contributed by atoms with Crippen molar-refractivity contribution in [3.05, 3.63) is 58.5 Å². The van der Waals surface area contributed by atoms with Crippen LogP contribution in [0.15, 0.2) is 48.5 Å². The van der Waals surface area contributed by atoms with Gasteiger partial charge in [-0.15, -0.1) is 22.7 Å². The van der Waals surface area contributed by atoms with Crippen molar-refractivity contribution >= 4 is 82.3 Å². The molecule has 0 fully saturated rings. The van der Waals surface area contributed by atoms with Crippen molar-refractivity contribution in [2.45, 2.75) is 49.5 Å². The Morgan fingerprint density at radius 2 is 1.08 bits per heavy atom. The third kappa shape index (κ3) is 6.63. The second-order valence-electron chi connectivity index (χ2n) is 9.29. The zero-order chi connectivity index (χ0) is 25.7. The summed E-state index contributed by atoms with van der Waals surface area (Å²) in [4.78, 5) is 10.0. The molecule has 4 rings (SSSR count). The number of methoxy groups -OCH3 is 2. The van der Waals surface area contributed by atoms with Gasteiger partial charge in [-0.2, -0.15) is 0 Å². The second kappa shape index (κ2) is 13.4. The first-order valence-corrected chi connectivity index (χ1v) is 21.3. The molecular weight excluding hydrogens is 557 g/mol.